The molecule has 44 heavy (non-hydrogen) atoms. The fourth-order valence-electron chi connectivity index (χ4n) is 5.41. The summed E-state index contributed by atoms with van der Waals surface area (Å²) < 4.78 is 22.8. The maximum absolute atomic E-state index is 12.8. The summed E-state index contributed by atoms with van der Waals surface area (Å²) in [5.41, 5.74) is 1.78. The number of hydrogen-bond donors (Lipinski definition) is 1. The second-order valence-corrected chi connectivity index (χ2v) is 10.4. The smallest absolute Gasteiger partial charge is 0.457 e. The quantitative estimate of drug-likeness (QED) is 0.190. The van der Waals surface area contributed by atoms with E-state index in [2.05, 4.69) is 21.9 Å². The SMILES string of the molecule is C=CC(=O)C1CCC[C@@H](n2nc(-c3ccc(Oc4ccccc4)cc3)c3c(NC(=O)OCc4oc(=O)oc4C)ncnc32)C1. The zero-order valence-corrected chi connectivity index (χ0v) is 23.9. The number of para-hydroxylation sites is 1. The van der Waals surface area contributed by atoms with E-state index in [-0.39, 0.29) is 41.7 Å². The van der Waals surface area contributed by atoms with Crippen molar-refractivity contribution in [3.8, 4) is 22.8 Å². The maximum Gasteiger partial charge on any atom is 0.519 e. The van der Waals surface area contributed by atoms with Gasteiger partial charge in [0.05, 0.1) is 11.4 Å². The lowest BCUT2D eigenvalue weighted by Crippen LogP contribution is -2.24. The minimum atomic E-state index is -0.879. The maximum atomic E-state index is 12.8. The highest BCUT2D eigenvalue weighted by Crippen LogP contribution is 2.39. The fourth-order valence-corrected chi connectivity index (χ4v) is 5.41. The first-order chi connectivity index (χ1) is 21.4. The molecule has 5 aromatic rings. The molecule has 0 radical (unpaired) electrons. The number of hydrogen-bond acceptors (Lipinski definition) is 10. The summed E-state index contributed by atoms with van der Waals surface area (Å²) in [4.78, 5) is 45.5. The van der Waals surface area contributed by atoms with Crippen molar-refractivity contribution in [1.82, 2.24) is 19.7 Å². The third-order valence-corrected chi connectivity index (χ3v) is 7.58. The largest absolute Gasteiger partial charge is 0.519 e. The molecule has 1 fully saturated rings. The number of aryl methyl sites for hydroxylation is 1. The number of carbonyl (C=O) groups excluding carboxylic acids is 2. The molecule has 224 valence electrons. The van der Waals surface area contributed by atoms with E-state index in [1.165, 1.54) is 19.3 Å². The molecule has 1 amide bonds. The van der Waals surface area contributed by atoms with Gasteiger partial charge in [-0.25, -0.2) is 24.2 Å². The summed E-state index contributed by atoms with van der Waals surface area (Å²) in [6.45, 7) is 4.88. The second-order valence-electron chi connectivity index (χ2n) is 10.4. The number of ether oxygens (including phenoxy) is 2. The van der Waals surface area contributed by atoms with E-state index in [0.717, 1.165) is 24.8 Å². The van der Waals surface area contributed by atoms with Crippen molar-refractivity contribution in [3.63, 3.8) is 0 Å². The lowest BCUT2D eigenvalue weighted by Gasteiger charge is -2.28. The Morgan fingerprint density at radius 3 is 2.57 bits per heavy atom. The number of carbonyl (C=O) groups is 2. The van der Waals surface area contributed by atoms with Crippen molar-refractivity contribution in [2.45, 2.75) is 45.3 Å². The number of aromatic nitrogens is 4. The van der Waals surface area contributed by atoms with E-state index in [1.807, 2.05) is 59.3 Å². The first kappa shape index (κ1) is 28.6. The van der Waals surface area contributed by atoms with Gasteiger partial charge in [0.15, 0.2) is 35.4 Å². The van der Waals surface area contributed by atoms with Crippen LogP contribution in [0.4, 0.5) is 10.6 Å². The van der Waals surface area contributed by atoms with Gasteiger partial charge in [-0.05, 0) is 68.7 Å². The number of anilines is 1. The van der Waals surface area contributed by atoms with Gasteiger partial charge in [-0.2, -0.15) is 5.10 Å². The van der Waals surface area contributed by atoms with Crippen molar-refractivity contribution in [1.29, 1.82) is 0 Å². The summed E-state index contributed by atoms with van der Waals surface area (Å²) in [5, 5.41) is 8.16. The van der Waals surface area contributed by atoms with Crippen molar-refractivity contribution < 1.29 is 27.9 Å². The summed E-state index contributed by atoms with van der Waals surface area (Å²) in [6, 6.07) is 16.7. The first-order valence-corrected chi connectivity index (χ1v) is 14.2. The van der Waals surface area contributed by atoms with Crippen molar-refractivity contribution in [2.24, 2.45) is 5.92 Å². The monoisotopic (exact) mass is 595 g/mol. The molecular formula is C32H29N5O7. The molecule has 1 aliphatic rings. The van der Waals surface area contributed by atoms with Crippen LogP contribution in [0.2, 0.25) is 0 Å². The van der Waals surface area contributed by atoms with Crippen molar-refractivity contribution in [3.05, 3.63) is 95.7 Å². The van der Waals surface area contributed by atoms with E-state index < -0.39 is 11.9 Å². The molecule has 3 aromatic heterocycles. The normalized spacial score (nSPS) is 16.4. The molecule has 1 aliphatic carbocycles. The number of benzene rings is 2. The summed E-state index contributed by atoms with van der Waals surface area (Å²) in [6.07, 6.45) is 4.94. The minimum absolute atomic E-state index is 0.0174. The zero-order valence-electron chi connectivity index (χ0n) is 23.9. The molecule has 2 atom stereocenters. The number of rotatable bonds is 9. The number of nitrogens with zero attached hydrogens (tertiary/aromatic N) is 4. The van der Waals surface area contributed by atoms with E-state index >= 15 is 0 Å². The van der Waals surface area contributed by atoms with Crippen molar-refractivity contribution in [2.75, 3.05) is 5.32 Å². The Labute approximate surface area is 251 Å². The van der Waals surface area contributed by atoms with Gasteiger partial charge in [0.25, 0.3) is 0 Å². The Balaban J connectivity index is 1.34. The Bertz CT molecular complexity index is 1870. The average molecular weight is 596 g/mol. The molecule has 1 N–H and O–H groups in total. The highest BCUT2D eigenvalue weighted by molar-refractivity contribution is 6.03. The molecule has 2 aromatic carbocycles. The van der Waals surface area contributed by atoms with Crippen LogP contribution in [0.25, 0.3) is 22.3 Å². The Morgan fingerprint density at radius 2 is 1.84 bits per heavy atom. The standard InChI is InChI=1S/C32H29N5O7/c1-3-25(38)21-8-7-9-22(16-21)37-30-27(28(36-37)20-12-14-24(15-13-20)43-23-10-5-4-6-11-23)29(33-18-34-30)35-31(39)41-17-26-19(2)42-32(40)44-26/h3-6,10-15,18,21-22H,1,7-9,16-17H2,2H3,(H,33,34,35,39)/t21?,22-/m1/s1. The molecule has 12 nitrogen and oxygen atoms in total. The highest BCUT2D eigenvalue weighted by atomic mass is 16.6. The molecule has 3 heterocycles. The van der Waals surface area contributed by atoms with E-state index in [9.17, 15) is 14.4 Å². The van der Waals surface area contributed by atoms with Crippen LogP contribution >= 0.6 is 0 Å². The van der Waals surface area contributed by atoms with Crippen LogP contribution in [0, 0.1) is 12.8 Å². The van der Waals surface area contributed by atoms with Crippen molar-refractivity contribution >= 4 is 28.7 Å². The molecule has 0 spiro atoms. The molecule has 0 aliphatic heterocycles. The van der Waals surface area contributed by atoms with Crippen LogP contribution in [0.3, 0.4) is 0 Å². The minimum Gasteiger partial charge on any atom is -0.457 e. The fraction of sp³-hybridized carbons (Fsp3) is 0.250. The Morgan fingerprint density at radius 1 is 1.07 bits per heavy atom. The molecule has 0 bridgehead atoms. The molecule has 1 unspecified atom stereocenters. The van der Waals surface area contributed by atoms with Gasteiger partial charge >= 0.3 is 11.9 Å². The van der Waals surface area contributed by atoms with Gasteiger partial charge < -0.3 is 18.3 Å². The van der Waals surface area contributed by atoms with Crippen LogP contribution in [0.15, 0.2) is 87.2 Å². The van der Waals surface area contributed by atoms with Gasteiger partial charge in [-0.15, -0.1) is 0 Å². The van der Waals surface area contributed by atoms with Crippen LogP contribution in [-0.4, -0.2) is 31.6 Å². The molecular weight excluding hydrogens is 566 g/mol. The van der Waals surface area contributed by atoms with Gasteiger partial charge in [0.2, 0.25) is 0 Å². The van der Waals surface area contributed by atoms with Gasteiger partial charge in [-0.3, -0.25) is 10.1 Å². The predicted octanol–water partition coefficient (Wildman–Crippen LogP) is 6.38. The van der Waals surface area contributed by atoms with Gasteiger partial charge in [-0.1, -0.05) is 31.2 Å². The summed E-state index contributed by atoms with van der Waals surface area (Å²) in [5.74, 6) is 0.844. The third-order valence-electron chi connectivity index (χ3n) is 7.58. The molecule has 12 heteroatoms. The topological polar surface area (TPSA) is 152 Å². The lowest BCUT2D eigenvalue weighted by molar-refractivity contribution is -0.119. The summed E-state index contributed by atoms with van der Waals surface area (Å²) >= 11 is 0. The number of ketones is 1. The third kappa shape index (κ3) is 6.00. The Hall–Kier alpha value is -5.52. The molecule has 0 saturated heterocycles. The van der Waals surface area contributed by atoms with Gasteiger partial charge in [0, 0.05) is 11.5 Å². The van der Waals surface area contributed by atoms with Gasteiger partial charge in [0.1, 0.15) is 23.5 Å². The molecule has 1 saturated carbocycles. The number of amides is 1. The number of allylic oxidation sites excluding steroid dienone is 1. The van der Waals surface area contributed by atoms with Crippen LogP contribution < -0.4 is 15.9 Å². The Kier molecular flexibility index (Phi) is 8.04. The zero-order chi connectivity index (χ0) is 30.6. The van der Waals surface area contributed by atoms with E-state index in [1.54, 1.807) is 0 Å². The highest BCUT2D eigenvalue weighted by Gasteiger charge is 2.30. The number of fused-ring (bicyclic) bond motifs is 1. The first-order valence-electron chi connectivity index (χ1n) is 14.2. The second kappa shape index (κ2) is 12.4. The van der Waals surface area contributed by atoms with Crippen LogP contribution in [-0.2, 0) is 16.1 Å². The predicted molar refractivity (Wildman–Crippen MR) is 159 cm³/mol. The van der Waals surface area contributed by atoms with E-state index in [0.29, 0.717) is 34.6 Å². The lowest BCUT2D eigenvalue weighted by atomic mass is 9.83. The molecule has 6 rings (SSSR count). The van der Waals surface area contributed by atoms with Crippen LogP contribution in [0.5, 0.6) is 11.5 Å². The average Bonchev–Trinajstić information content (AvgIpc) is 3.60. The summed E-state index contributed by atoms with van der Waals surface area (Å²) in [7, 11) is 0. The van der Waals surface area contributed by atoms with Crippen LogP contribution in [0.1, 0.15) is 43.2 Å². The van der Waals surface area contributed by atoms with E-state index in [4.69, 9.17) is 23.4 Å². The number of nitrogens with one attached hydrogen (secondary N) is 1.